The van der Waals surface area contributed by atoms with Gasteiger partial charge in [-0.1, -0.05) is 6.07 Å². The zero-order chi connectivity index (χ0) is 12.3. The van der Waals surface area contributed by atoms with Crippen LogP contribution in [0.15, 0.2) is 24.3 Å². The van der Waals surface area contributed by atoms with Crippen molar-refractivity contribution in [2.24, 2.45) is 5.73 Å². The molecule has 1 aromatic carbocycles. The third-order valence-electron chi connectivity index (χ3n) is 3.18. The predicted octanol–water partition coefficient (Wildman–Crippen LogP) is 1.25. The lowest BCUT2D eigenvalue weighted by atomic mass is 9.99. The predicted molar refractivity (Wildman–Crippen MR) is 68.6 cm³/mol. The molecule has 0 aliphatic carbocycles. The minimum Gasteiger partial charge on any atom is -0.497 e. The van der Waals surface area contributed by atoms with Crippen LogP contribution in [0.3, 0.4) is 0 Å². The van der Waals surface area contributed by atoms with Gasteiger partial charge in [-0.3, -0.25) is 0 Å². The molecule has 1 saturated heterocycles. The van der Waals surface area contributed by atoms with E-state index in [4.69, 9.17) is 15.2 Å². The maximum Gasteiger partial charge on any atom is 0.120 e. The maximum atomic E-state index is 6.27. The van der Waals surface area contributed by atoms with Gasteiger partial charge in [-0.25, -0.2) is 0 Å². The summed E-state index contributed by atoms with van der Waals surface area (Å²) in [6, 6.07) is 7.99. The van der Waals surface area contributed by atoms with Gasteiger partial charge in [-0.2, -0.15) is 0 Å². The van der Waals surface area contributed by atoms with Gasteiger partial charge in [0.15, 0.2) is 0 Å². The molecule has 1 aliphatic heterocycles. The number of rotatable bonds is 4. The molecule has 2 rings (SSSR count). The molecule has 1 aliphatic rings. The molecule has 1 atom stereocenters. The summed E-state index contributed by atoms with van der Waals surface area (Å²) in [5.74, 6) is 0.864. The Labute approximate surface area is 102 Å². The average Bonchev–Trinajstić information content (AvgIpc) is 2.76. The van der Waals surface area contributed by atoms with Crippen molar-refractivity contribution >= 4 is 5.69 Å². The number of benzene rings is 1. The van der Waals surface area contributed by atoms with Gasteiger partial charge in [0.1, 0.15) is 5.75 Å². The molecule has 0 spiro atoms. The number of nitrogens with two attached hydrogens (primary N) is 1. The van der Waals surface area contributed by atoms with Crippen molar-refractivity contribution in [3.8, 4) is 5.75 Å². The van der Waals surface area contributed by atoms with Crippen LogP contribution in [0.4, 0.5) is 5.69 Å². The highest BCUT2D eigenvalue weighted by molar-refractivity contribution is 5.50. The number of nitrogens with zero attached hydrogens (tertiary/aromatic N) is 1. The van der Waals surface area contributed by atoms with Crippen LogP contribution in [-0.4, -0.2) is 39.5 Å². The van der Waals surface area contributed by atoms with E-state index < -0.39 is 0 Å². The molecule has 1 unspecified atom stereocenters. The second kappa shape index (κ2) is 4.94. The highest BCUT2D eigenvalue weighted by atomic mass is 16.5. The highest BCUT2D eigenvalue weighted by Gasteiger charge is 2.31. The third-order valence-corrected chi connectivity index (χ3v) is 3.18. The van der Waals surface area contributed by atoms with E-state index in [2.05, 4.69) is 11.0 Å². The van der Waals surface area contributed by atoms with E-state index in [1.165, 1.54) is 0 Å². The van der Waals surface area contributed by atoms with Gasteiger partial charge in [-0.05, 0) is 18.6 Å². The van der Waals surface area contributed by atoms with Gasteiger partial charge in [0, 0.05) is 32.0 Å². The summed E-state index contributed by atoms with van der Waals surface area (Å²) in [6.07, 6.45) is 0.918. The molecule has 0 radical (unpaired) electrons. The lowest BCUT2D eigenvalue weighted by Crippen LogP contribution is -2.50. The standard InChI is InChI=1S/C13H20N2O2/c1-15(9-13(14)6-7-17-10-13)11-4-3-5-12(8-11)16-2/h3-5,8H,6-7,9-10,14H2,1-2H3. The second-order valence-electron chi connectivity index (χ2n) is 4.72. The number of methoxy groups -OCH3 is 1. The first kappa shape index (κ1) is 12.2. The molecule has 1 fully saturated rings. The Kier molecular flexibility index (Phi) is 3.54. The van der Waals surface area contributed by atoms with Gasteiger partial charge in [-0.15, -0.1) is 0 Å². The summed E-state index contributed by atoms with van der Waals surface area (Å²) in [6.45, 7) is 2.20. The Bertz CT molecular complexity index is 375. The Hall–Kier alpha value is -1.26. The molecule has 0 amide bonds. The molecular weight excluding hydrogens is 216 g/mol. The van der Waals surface area contributed by atoms with E-state index in [1.54, 1.807) is 7.11 Å². The number of hydrogen-bond acceptors (Lipinski definition) is 4. The minimum absolute atomic E-state index is 0.224. The normalized spacial score (nSPS) is 23.7. The van der Waals surface area contributed by atoms with E-state index >= 15 is 0 Å². The van der Waals surface area contributed by atoms with E-state index in [1.807, 2.05) is 25.2 Å². The fraction of sp³-hybridized carbons (Fsp3) is 0.538. The Morgan fingerprint density at radius 2 is 2.35 bits per heavy atom. The van der Waals surface area contributed by atoms with Crippen molar-refractivity contribution < 1.29 is 9.47 Å². The first-order chi connectivity index (χ1) is 8.13. The zero-order valence-corrected chi connectivity index (χ0v) is 10.5. The molecule has 17 heavy (non-hydrogen) atoms. The monoisotopic (exact) mass is 236 g/mol. The van der Waals surface area contributed by atoms with Crippen LogP contribution in [0.25, 0.3) is 0 Å². The summed E-state index contributed by atoms with van der Waals surface area (Å²) in [4.78, 5) is 2.15. The van der Waals surface area contributed by atoms with Crippen LogP contribution < -0.4 is 15.4 Å². The Morgan fingerprint density at radius 1 is 1.53 bits per heavy atom. The molecule has 4 nitrogen and oxygen atoms in total. The first-order valence-corrected chi connectivity index (χ1v) is 5.85. The van der Waals surface area contributed by atoms with Gasteiger partial charge in [0.05, 0.1) is 19.3 Å². The molecular formula is C13H20N2O2. The Balaban J connectivity index is 2.05. The molecule has 2 N–H and O–H groups in total. The summed E-state index contributed by atoms with van der Waals surface area (Å²) in [5, 5.41) is 0. The molecule has 94 valence electrons. The van der Waals surface area contributed by atoms with Crippen LogP contribution in [0.5, 0.6) is 5.75 Å². The smallest absolute Gasteiger partial charge is 0.120 e. The van der Waals surface area contributed by atoms with Crippen LogP contribution in [0.1, 0.15) is 6.42 Å². The summed E-state index contributed by atoms with van der Waals surface area (Å²) in [5.41, 5.74) is 7.16. The minimum atomic E-state index is -0.224. The fourth-order valence-electron chi connectivity index (χ4n) is 2.16. The summed E-state index contributed by atoms with van der Waals surface area (Å²) >= 11 is 0. The quantitative estimate of drug-likeness (QED) is 0.854. The third kappa shape index (κ3) is 2.90. The number of hydrogen-bond donors (Lipinski definition) is 1. The van der Waals surface area contributed by atoms with Gasteiger partial charge in [0.2, 0.25) is 0 Å². The number of ether oxygens (including phenoxy) is 2. The van der Waals surface area contributed by atoms with Gasteiger partial charge in [0.25, 0.3) is 0 Å². The van der Waals surface area contributed by atoms with E-state index in [9.17, 15) is 0 Å². The average molecular weight is 236 g/mol. The highest BCUT2D eigenvalue weighted by Crippen LogP contribution is 2.23. The number of anilines is 1. The van der Waals surface area contributed by atoms with E-state index in [-0.39, 0.29) is 5.54 Å². The Morgan fingerprint density at radius 3 is 3.00 bits per heavy atom. The van der Waals surface area contributed by atoms with Crippen molar-refractivity contribution in [2.75, 3.05) is 38.8 Å². The van der Waals surface area contributed by atoms with Crippen molar-refractivity contribution in [1.29, 1.82) is 0 Å². The van der Waals surface area contributed by atoms with Crippen molar-refractivity contribution in [3.05, 3.63) is 24.3 Å². The van der Waals surface area contributed by atoms with E-state index in [0.29, 0.717) is 6.61 Å². The maximum absolute atomic E-state index is 6.27. The van der Waals surface area contributed by atoms with Crippen molar-refractivity contribution in [2.45, 2.75) is 12.0 Å². The van der Waals surface area contributed by atoms with Crippen molar-refractivity contribution in [1.82, 2.24) is 0 Å². The summed E-state index contributed by atoms with van der Waals surface area (Å²) < 4.78 is 10.6. The van der Waals surface area contributed by atoms with Gasteiger partial charge < -0.3 is 20.1 Å². The summed E-state index contributed by atoms with van der Waals surface area (Å²) in [7, 11) is 3.72. The second-order valence-corrected chi connectivity index (χ2v) is 4.72. The van der Waals surface area contributed by atoms with Crippen LogP contribution >= 0.6 is 0 Å². The molecule has 0 saturated carbocycles. The molecule has 0 bridgehead atoms. The topological polar surface area (TPSA) is 47.7 Å². The lowest BCUT2D eigenvalue weighted by Gasteiger charge is -2.30. The van der Waals surface area contributed by atoms with E-state index in [0.717, 1.165) is 31.0 Å². The van der Waals surface area contributed by atoms with Crippen LogP contribution in [0, 0.1) is 0 Å². The zero-order valence-electron chi connectivity index (χ0n) is 10.5. The largest absolute Gasteiger partial charge is 0.497 e. The lowest BCUT2D eigenvalue weighted by molar-refractivity contribution is 0.179. The van der Waals surface area contributed by atoms with Crippen LogP contribution in [0.2, 0.25) is 0 Å². The fourth-order valence-corrected chi connectivity index (χ4v) is 2.16. The molecule has 0 aromatic heterocycles. The molecule has 1 heterocycles. The van der Waals surface area contributed by atoms with Crippen LogP contribution in [-0.2, 0) is 4.74 Å². The molecule has 4 heteroatoms. The SMILES string of the molecule is COc1cccc(N(C)CC2(N)CCOC2)c1. The first-order valence-electron chi connectivity index (χ1n) is 5.85. The number of likely N-dealkylation sites (N-methyl/N-ethyl adjacent to an activating group) is 1. The van der Waals surface area contributed by atoms with Gasteiger partial charge >= 0.3 is 0 Å². The van der Waals surface area contributed by atoms with Crippen molar-refractivity contribution in [3.63, 3.8) is 0 Å². The molecule has 1 aromatic rings.